The van der Waals surface area contributed by atoms with Crippen molar-refractivity contribution >= 4 is 67.5 Å². The molecule has 0 aliphatic heterocycles. The van der Waals surface area contributed by atoms with Crippen molar-refractivity contribution in [3.05, 3.63) is 48.8 Å². The lowest BCUT2D eigenvalue weighted by atomic mass is 10.3. The summed E-state index contributed by atoms with van der Waals surface area (Å²) in [6, 6.07) is 5.04. The zero-order chi connectivity index (χ0) is 15.8. The molecule has 0 aliphatic rings. The molecule has 0 spiro atoms. The van der Waals surface area contributed by atoms with E-state index in [-0.39, 0.29) is 24.3 Å². The van der Waals surface area contributed by atoms with Gasteiger partial charge in [0.15, 0.2) is 4.34 Å². The Labute approximate surface area is 138 Å². The molecule has 0 saturated carbocycles. The summed E-state index contributed by atoms with van der Waals surface area (Å²) < 4.78 is 26.0. The first-order chi connectivity index (χ1) is 9.69. The van der Waals surface area contributed by atoms with Crippen molar-refractivity contribution in [2.24, 2.45) is 0 Å². The van der Waals surface area contributed by atoms with Crippen molar-refractivity contribution in [2.45, 2.75) is 4.21 Å². The number of thiophene rings is 1. The molecule has 0 amide bonds. The Morgan fingerprint density at radius 2 is 1.67 bits per heavy atom. The Hall–Kier alpha value is -1.06. The number of nitrogens with zero attached hydrogens (tertiary/aromatic N) is 1. The summed E-state index contributed by atoms with van der Waals surface area (Å²) in [4.78, 5) is 9.93. The topological polar surface area (TPSA) is 89.3 Å². The quantitative estimate of drug-likeness (QED) is 0.621. The molecule has 1 aromatic carbocycles. The van der Waals surface area contributed by atoms with Crippen LogP contribution in [0.5, 0.6) is 0 Å². The zero-order valence-corrected chi connectivity index (χ0v) is 13.7. The Morgan fingerprint density at radius 3 is 2.14 bits per heavy atom. The molecule has 0 atom stereocenters. The number of anilines is 1. The molecule has 0 radical (unpaired) electrons. The molecule has 0 aliphatic carbocycles. The third-order valence-corrected chi connectivity index (χ3v) is 5.85. The Kier molecular flexibility index (Phi) is 4.64. The highest BCUT2D eigenvalue weighted by Crippen LogP contribution is 2.37. The van der Waals surface area contributed by atoms with Crippen molar-refractivity contribution in [2.75, 3.05) is 4.72 Å². The summed E-state index contributed by atoms with van der Waals surface area (Å²) in [5.74, 6) is 0. The van der Waals surface area contributed by atoms with Crippen molar-refractivity contribution in [3.8, 4) is 0 Å². The first-order valence-electron chi connectivity index (χ1n) is 5.11. The number of sulfonamides is 1. The molecule has 2 rings (SSSR count). The van der Waals surface area contributed by atoms with E-state index in [0.717, 1.165) is 6.07 Å². The second kappa shape index (κ2) is 5.98. The molecule has 21 heavy (non-hydrogen) atoms. The third-order valence-electron chi connectivity index (χ3n) is 2.22. The van der Waals surface area contributed by atoms with Crippen LogP contribution in [0.15, 0.2) is 28.5 Å². The maximum atomic E-state index is 12.1. The summed E-state index contributed by atoms with van der Waals surface area (Å²) >= 11 is 17.8. The van der Waals surface area contributed by atoms with E-state index in [9.17, 15) is 18.5 Å². The highest BCUT2D eigenvalue weighted by molar-refractivity contribution is 7.94. The second-order valence-electron chi connectivity index (χ2n) is 3.75. The van der Waals surface area contributed by atoms with E-state index in [4.69, 9.17) is 34.8 Å². The van der Waals surface area contributed by atoms with Crippen LogP contribution in [0.4, 0.5) is 11.4 Å². The number of nitro groups is 1. The van der Waals surface area contributed by atoms with Crippen LogP contribution in [0.2, 0.25) is 14.4 Å². The predicted octanol–water partition coefficient (Wildman–Crippen LogP) is 4.42. The first-order valence-corrected chi connectivity index (χ1v) is 8.55. The maximum Gasteiger partial charge on any atom is 0.300 e. The van der Waals surface area contributed by atoms with Crippen molar-refractivity contribution in [3.63, 3.8) is 0 Å². The molecule has 0 fully saturated rings. The van der Waals surface area contributed by atoms with Crippen LogP contribution in [-0.2, 0) is 10.0 Å². The Bertz CT molecular complexity index is 799. The summed E-state index contributed by atoms with van der Waals surface area (Å²) in [6.45, 7) is 0. The van der Waals surface area contributed by atoms with Gasteiger partial charge in [0.1, 0.15) is 4.21 Å². The number of rotatable bonds is 4. The normalized spacial score (nSPS) is 11.4. The molecular weight excluding hydrogens is 383 g/mol. The standard InChI is InChI=1S/C10H5Cl3N2O4S2/c11-5-1-6(12)3-7(2-5)14-21(18,19)9-4-8(15(16)17)10(13)20-9/h1-4,14H. The molecule has 0 saturated heterocycles. The van der Waals surface area contributed by atoms with E-state index < -0.39 is 20.6 Å². The second-order valence-corrected chi connectivity index (χ2v) is 8.18. The average Bonchev–Trinajstić information content (AvgIpc) is 2.70. The maximum absolute atomic E-state index is 12.1. The molecule has 0 unspecified atom stereocenters. The van der Waals surface area contributed by atoms with E-state index in [2.05, 4.69) is 4.72 Å². The molecule has 1 heterocycles. The summed E-state index contributed by atoms with van der Waals surface area (Å²) in [7, 11) is -4.02. The molecule has 11 heteroatoms. The van der Waals surface area contributed by atoms with Gasteiger partial charge in [-0.3, -0.25) is 14.8 Å². The lowest BCUT2D eigenvalue weighted by Gasteiger charge is -2.06. The number of hydrogen-bond acceptors (Lipinski definition) is 5. The van der Waals surface area contributed by atoms with Crippen LogP contribution in [0.3, 0.4) is 0 Å². The highest BCUT2D eigenvalue weighted by Gasteiger charge is 2.25. The van der Waals surface area contributed by atoms with Crippen LogP contribution in [-0.4, -0.2) is 13.3 Å². The number of nitrogens with one attached hydrogen (secondary N) is 1. The molecule has 2 aromatic rings. The predicted molar refractivity (Wildman–Crippen MR) is 83.3 cm³/mol. The third kappa shape index (κ3) is 3.78. The van der Waals surface area contributed by atoms with Crippen molar-refractivity contribution < 1.29 is 13.3 Å². The summed E-state index contributed by atoms with van der Waals surface area (Å²) in [5.41, 5.74) is -0.328. The summed E-state index contributed by atoms with van der Waals surface area (Å²) in [6.07, 6.45) is 0. The minimum Gasteiger partial charge on any atom is -0.279 e. The van der Waals surface area contributed by atoms with E-state index >= 15 is 0 Å². The van der Waals surface area contributed by atoms with Gasteiger partial charge in [0.2, 0.25) is 0 Å². The zero-order valence-electron chi connectivity index (χ0n) is 9.84. The van der Waals surface area contributed by atoms with Gasteiger partial charge in [-0.15, -0.1) is 11.3 Å². The lowest BCUT2D eigenvalue weighted by molar-refractivity contribution is -0.384. The van der Waals surface area contributed by atoms with Crippen LogP contribution >= 0.6 is 46.1 Å². The van der Waals surface area contributed by atoms with Crippen LogP contribution in [0.25, 0.3) is 0 Å². The van der Waals surface area contributed by atoms with Gasteiger partial charge in [-0.05, 0) is 18.2 Å². The average molecular weight is 388 g/mol. The van der Waals surface area contributed by atoms with Gasteiger partial charge >= 0.3 is 0 Å². The van der Waals surface area contributed by atoms with Gasteiger partial charge < -0.3 is 0 Å². The molecule has 1 aromatic heterocycles. The SMILES string of the molecule is O=[N+]([O-])c1cc(S(=O)(=O)Nc2cc(Cl)cc(Cl)c2)sc1Cl. The van der Waals surface area contributed by atoms with Gasteiger partial charge in [-0.2, -0.15) is 0 Å². The minimum atomic E-state index is -4.02. The molecule has 112 valence electrons. The Balaban J connectivity index is 2.38. The van der Waals surface area contributed by atoms with Crippen molar-refractivity contribution in [1.82, 2.24) is 0 Å². The van der Waals surface area contributed by atoms with Crippen LogP contribution in [0.1, 0.15) is 0 Å². The number of hydrogen-bond donors (Lipinski definition) is 1. The monoisotopic (exact) mass is 386 g/mol. The van der Waals surface area contributed by atoms with Gasteiger partial charge in [0.05, 0.1) is 10.6 Å². The van der Waals surface area contributed by atoms with E-state index in [1.165, 1.54) is 18.2 Å². The van der Waals surface area contributed by atoms with Crippen LogP contribution < -0.4 is 4.72 Å². The fourth-order valence-corrected chi connectivity index (χ4v) is 4.64. The Morgan fingerprint density at radius 1 is 1.10 bits per heavy atom. The molecule has 1 N–H and O–H groups in total. The van der Waals surface area contributed by atoms with Gasteiger partial charge in [-0.25, -0.2) is 8.42 Å². The fourth-order valence-electron chi connectivity index (χ4n) is 1.41. The first kappa shape index (κ1) is 16.3. The number of benzene rings is 1. The van der Waals surface area contributed by atoms with E-state index in [1.54, 1.807) is 0 Å². The molecule has 0 bridgehead atoms. The fraction of sp³-hybridized carbons (Fsp3) is 0. The van der Waals surface area contributed by atoms with Gasteiger partial charge in [-0.1, -0.05) is 34.8 Å². The van der Waals surface area contributed by atoms with Crippen molar-refractivity contribution in [1.29, 1.82) is 0 Å². The lowest BCUT2D eigenvalue weighted by Crippen LogP contribution is -2.11. The highest BCUT2D eigenvalue weighted by atomic mass is 35.5. The molecule has 6 nitrogen and oxygen atoms in total. The number of halogens is 3. The minimum absolute atomic E-state index is 0.139. The summed E-state index contributed by atoms with van der Waals surface area (Å²) in [5, 5.41) is 11.2. The van der Waals surface area contributed by atoms with E-state index in [1.807, 2.05) is 0 Å². The van der Waals surface area contributed by atoms with Crippen LogP contribution in [0, 0.1) is 10.1 Å². The smallest absolute Gasteiger partial charge is 0.279 e. The molecular formula is C10H5Cl3N2O4S2. The van der Waals surface area contributed by atoms with Gasteiger partial charge in [0, 0.05) is 16.1 Å². The van der Waals surface area contributed by atoms with E-state index in [0.29, 0.717) is 11.3 Å². The van der Waals surface area contributed by atoms with Gasteiger partial charge in [0.25, 0.3) is 15.7 Å². The largest absolute Gasteiger partial charge is 0.300 e.